The monoisotopic (exact) mass is 171 g/mol. The molecule has 70 valence electrons. The van der Waals surface area contributed by atoms with Gasteiger partial charge in [0.1, 0.15) is 0 Å². The summed E-state index contributed by atoms with van der Waals surface area (Å²) in [7, 11) is 0. The van der Waals surface area contributed by atoms with Gasteiger partial charge in [-0.25, -0.2) is 0 Å². The van der Waals surface area contributed by atoms with E-state index >= 15 is 0 Å². The SMILES string of the molecule is C1CN2CCC1CC2.F.F.F. The number of hydrogen-bond acceptors (Lipinski definition) is 1. The van der Waals surface area contributed by atoms with Crippen LogP contribution < -0.4 is 0 Å². The van der Waals surface area contributed by atoms with E-state index in [0.29, 0.717) is 0 Å². The molecule has 3 heterocycles. The molecular weight excluding hydrogens is 155 g/mol. The molecule has 0 amide bonds. The first kappa shape index (κ1) is 13.3. The molecule has 0 unspecified atom stereocenters. The largest absolute Gasteiger partial charge is 0.303 e. The molecule has 2 bridgehead atoms. The van der Waals surface area contributed by atoms with E-state index in [1.165, 1.54) is 38.9 Å². The highest BCUT2D eigenvalue weighted by Gasteiger charge is 2.24. The van der Waals surface area contributed by atoms with Crippen molar-refractivity contribution in [1.82, 2.24) is 4.90 Å². The van der Waals surface area contributed by atoms with E-state index in [1.807, 2.05) is 0 Å². The highest BCUT2D eigenvalue weighted by Crippen LogP contribution is 2.26. The molecule has 0 aromatic carbocycles. The Morgan fingerprint density at radius 2 is 1.09 bits per heavy atom. The van der Waals surface area contributed by atoms with Crippen molar-refractivity contribution in [3.05, 3.63) is 0 Å². The molecule has 4 heteroatoms. The van der Waals surface area contributed by atoms with Crippen molar-refractivity contribution in [2.24, 2.45) is 5.92 Å². The maximum absolute atomic E-state index is 2.58. The predicted octanol–water partition coefficient (Wildman–Crippen LogP) is 1.56. The smallest absolute Gasteiger partial charge is 0.00161 e. The summed E-state index contributed by atoms with van der Waals surface area (Å²) in [5.74, 6) is 1.11. The molecule has 0 aliphatic carbocycles. The minimum absolute atomic E-state index is 0. The van der Waals surface area contributed by atoms with E-state index in [9.17, 15) is 0 Å². The number of rotatable bonds is 0. The summed E-state index contributed by atoms with van der Waals surface area (Å²) in [4.78, 5) is 2.58. The van der Waals surface area contributed by atoms with Gasteiger partial charge in [-0.1, -0.05) is 0 Å². The van der Waals surface area contributed by atoms with Gasteiger partial charge in [0, 0.05) is 0 Å². The number of hydrogen-bond donors (Lipinski definition) is 0. The van der Waals surface area contributed by atoms with Crippen molar-refractivity contribution in [2.75, 3.05) is 19.6 Å². The summed E-state index contributed by atoms with van der Waals surface area (Å²) >= 11 is 0. The minimum Gasteiger partial charge on any atom is -0.303 e. The summed E-state index contributed by atoms with van der Waals surface area (Å²) in [6.07, 6.45) is 4.46. The molecular formula is C7H16F3N. The first-order valence-electron chi connectivity index (χ1n) is 3.67. The van der Waals surface area contributed by atoms with Crippen molar-refractivity contribution in [1.29, 1.82) is 0 Å². The Morgan fingerprint density at radius 1 is 0.727 bits per heavy atom. The van der Waals surface area contributed by atoms with E-state index in [4.69, 9.17) is 0 Å². The van der Waals surface area contributed by atoms with Crippen molar-refractivity contribution < 1.29 is 14.1 Å². The first-order chi connectivity index (χ1) is 3.95. The Bertz CT molecular complexity index is 68.7. The Kier molecular flexibility index (Phi) is 6.56. The second-order valence-electron chi connectivity index (χ2n) is 3.07. The van der Waals surface area contributed by atoms with Crippen LogP contribution in [0.1, 0.15) is 19.3 Å². The lowest BCUT2D eigenvalue weighted by Gasteiger charge is -2.38. The van der Waals surface area contributed by atoms with Crippen LogP contribution in [0.25, 0.3) is 0 Å². The van der Waals surface area contributed by atoms with Crippen LogP contribution in [0, 0.1) is 5.92 Å². The molecule has 3 rings (SSSR count). The van der Waals surface area contributed by atoms with Gasteiger partial charge in [0.15, 0.2) is 0 Å². The van der Waals surface area contributed by atoms with Gasteiger partial charge in [-0.05, 0) is 44.8 Å². The zero-order valence-electron chi connectivity index (χ0n) is 6.49. The lowest BCUT2D eigenvalue weighted by Crippen LogP contribution is -2.41. The average molecular weight is 171 g/mol. The third kappa shape index (κ3) is 2.69. The lowest BCUT2D eigenvalue weighted by molar-refractivity contribution is 0.111. The lowest BCUT2D eigenvalue weighted by atomic mass is 9.89. The zero-order valence-corrected chi connectivity index (χ0v) is 6.49. The van der Waals surface area contributed by atoms with E-state index in [0.717, 1.165) is 5.92 Å². The second kappa shape index (κ2) is 5.41. The van der Waals surface area contributed by atoms with E-state index in [1.54, 1.807) is 0 Å². The Hall–Kier alpha value is -0.250. The summed E-state index contributed by atoms with van der Waals surface area (Å²) in [5, 5.41) is 0. The van der Waals surface area contributed by atoms with Gasteiger partial charge in [-0.2, -0.15) is 0 Å². The normalized spacial score (nSPS) is 32.7. The molecule has 1 nitrogen and oxygen atoms in total. The Morgan fingerprint density at radius 3 is 1.18 bits per heavy atom. The molecule has 3 aliphatic heterocycles. The summed E-state index contributed by atoms with van der Waals surface area (Å²) < 4.78 is 0. The molecule has 0 aromatic rings. The third-order valence-corrected chi connectivity index (χ3v) is 2.56. The van der Waals surface area contributed by atoms with Gasteiger partial charge < -0.3 is 4.90 Å². The van der Waals surface area contributed by atoms with Crippen LogP contribution in [0.5, 0.6) is 0 Å². The van der Waals surface area contributed by atoms with Gasteiger partial charge in [0.25, 0.3) is 0 Å². The number of piperidine rings is 3. The quantitative estimate of drug-likeness (QED) is 0.534. The molecule has 3 saturated heterocycles. The fourth-order valence-electron chi connectivity index (χ4n) is 1.86. The summed E-state index contributed by atoms with van der Waals surface area (Å²) in [5.41, 5.74) is 0. The van der Waals surface area contributed by atoms with Crippen LogP contribution in [-0.2, 0) is 0 Å². The van der Waals surface area contributed by atoms with Crippen LogP contribution in [0.4, 0.5) is 14.1 Å². The Labute approximate surface area is 64.9 Å². The molecule has 0 aromatic heterocycles. The fourth-order valence-corrected chi connectivity index (χ4v) is 1.86. The van der Waals surface area contributed by atoms with Gasteiger partial charge in [0.2, 0.25) is 0 Å². The van der Waals surface area contributed by atoms with Gasteiger partial charge in [-0.3, -0.25) is 14.1 Å². The highest BCUT2D eigenvalue weighted by atomic mass is 19.0. The topological polar surface area (TPSA) is 3.24 Å². The third-order valence-electron chi connectivity index (χ3n) is 2.56. The zero-order chi connectivity index (χ0) is 5.40. The van der Waals surface area contributed by atoms with Crippen molar-refractivity contribution in [3.8, 4) is 0 Å². The summed E-state index contributed by atoms with van der Waals surface area (Å²) in [6.45, 7) is 4.18. The number of halogens is 3. The molecule has 0 saturated carbocycles. The molecule has 0 N–H and O–H groups in total. The standard InChI is InChI=1S/C7H13N.3FH/c1-4-8-5-2-7(1)3-6-8;;;/h7H,1-6H2;3*1H. The molecule has 0 atom stereocenters. The molecule has 11 heavy (non-hydrogen) atoms. The predicted molar refractivity (Wildman–Crippen MR) is 41.3 cm³/mol. The van der Waals surface area contributed by atoms with Crippen LogP contribution in [-0.4, -0.2) is 24.5 Å². The van der Waals surface area contributed by atoms with E-state index in [-0.39, 0.29) is 14.1 Å². The summed E-state index contributed by atoms with van der Waals surface area (Å²) in [6, 6.07) is 0. The molecule has 3 aliphatic rings. The number of fused-ring (bicyclic) bond motifs is 3. The second-order valence-corrected chi connectivity index (χ2v) is 3.07. The highest BCUT2D eigenvalue weighted by molar-refractivity contribution is 4.78. The first-order valence-corrected chi connectivity index (χ1v) is 3.67. The molecule has 0 spiro atoms. The van der Waals surface area contributed by atoms with Gasteiger partial charge in [0.05, 0.1) is 0 Å². The Balaban J connectivity index is 0. The minimum atomic E-state index is 0. The van der Waals surface area contributed by atoms with Crippen LogP contribution >= 0.6 is 0 Å². The molecule has 0 radical (unpaired) electrons. The average Bonchev–Trinajstić information content (AvgIpc) is 1.92. The molecule has 3 fully saturated rings. The maximum Gasteiger partial charge on any atom is -0.00161 e. The fraction of sp³-hybridized carbons (Fsp3) is 1.00. The maximum atomic E-state index is 2.58. The van der Waals surface area contributed by atoms with Gasteiger partial charge in [-0.15, -0.1) is 0 Å². The van der Waals surface area contributed by atoms with Gasteiger partial charge >= 0.3 is 0 Å². The van der Waals surface area contributed by atoms with Crippen molar-refractivity contribution in [3.63, 3.8) is 0 Å². The van der Waals surface area contributed by atoms with Crippen LogP contribution in [0.2, 0.25) is 0 Å². The van der Waals surface area contributed by atoms with Crippen LogP contribution in [0.15, 0.2) is 0 Å². The van der Waals surface area contributed by atoms with Crippen LogP contribution in [0.3, 0.4) is 0 Å². The number of nitrogens with zero attached hydrogens (tertiary/aromatic N) is 1. The van der Waals surface area contributed by atoms with E-state index in [2.05, 4.69) is 4.90 Å². The van der Waals surface area contributed by atoms with Crippen molar-refractivity contribution in [2.45, 2.75) is 19.3 Å². The van der Waals surface area contributed by atoms with Crippen molar-refractivity contribution >= 4 is 0 Å². The van der Waals surface area contributed by atoms with E-state index < -0.39 is 0 Å².